The van der Waals surface area contributed by atoms with Crippen LogP contribution in [0.3, 0.4) is 0 Å². The molecule has 0 unspecified atom stereocenters. The molecule has 5 heteroatoms. The summed E-state index contributed by atoms with van der Waals surface area (Å²) >= 11 is 3.26. The maximum Gasteiger partial charge on any atom is 0.165 e. The average molecular weight is 297 g/mol. The summed E-state index contributed by atoms with van der Waals surface area (Å²) in [6, 6.07) is 7.91. The fraction of sp³-hybridized carbons (Fsp3) is 0.0833. The third kappa shape index (κ3) is 2.81. The molecule has 2 N–H and O–H groups in total. The van der Waals surface area contributed by atoms with Crippen LogP contribution in [0.15, 0.2) is 41.0 Å². The van der Waals surface area contributed by atoms with Crippen molar-refractivity contribution in [2.75, 3.05) is 0 Å². The Hall–Kier alpha value is -1.46. The molecule has 0 bridgehead atoms. The maximum absolute atomic E-state index is 13.5. The van der Waals surface area contributed by atoms with Gasteiger partial charge in [0.2, 0.25) is 0 Å². The standard InChI is InChI=1S/C12H10BrFN2O/c13-8-3-4-9(14)12(6-8)17-11-2-1-5-16-10(11)7-15/h1-6H,7,15H2. The van der Waals surface area contributed by atoms with Crippen molar-refractivity contribution in [1.82, 2.24) is 4.98 Å². The molecule has 1 aromatic carbocycles. The number of ether oxygens (including phenoxy) is 1. The number of nitrogens with zero attached hydrogens (tertiary/aromatic N) is 1. The van der Waals surface area contributed by atoms with Gasteiger partial charge in [0.15, 0.2) is 11.6 Å². The lowest BCUT2D eigenvalue weighted by Gasteiger charge is -2.09. The van der Waals surface area contributed by atoms with Crippen LogP contribution >= 0.6 is 15.9 Å². The summed E-state index contributed by atoms with van der Waals surface area (Å²) in [5, 5.41) is 0. The van der Waals surface area contributed by atoms with Gasteiger partial charge in [0.1, 0.15) is 5.75 Å². The van der Waals surface area contributed by atoms with E-state index in [1.54, 1.807) is 30.5 Å². The van der Waals surface area contributed by atoms with E-state index in [2.05, 4.69) is 20.9 Å². The van der Waals surface area contributed by atoms with Crippen LogP contribution in [0.5, 0.6) is 11.5 Å². The van der Waals surface area contributed by atoms with Crippen LogP contribution in [0.25, 0.3) is 0 Å². The number of aromatic nitrogens is 1. The van der Waals surface area contributed by atoms with Crippen molar-refractivity contribution >= 4 is 15.9 Å². The second kappa shape index (κ2) is 5.25. The predicted octanol–water partition coefficient (Wildman–Crippen LogP) is 3.23. The highest BCUT2D eigenvalue weighted by Gasteiger charge is 2.08. The topological polar surface area (TPSA) is 48.1 Å². The first-order valence-corrected chi connectivity index (χ1v) is 5.77. The molecule has 1 aromatic heterocycles. The van der Waals surface area contributed by atoms with E-state index < -0.39 is 5.82 Å². The first kappa shape index (κ1) is 12.0. The van der Waals surface area contributed by atoms with Crippen molar-refractivity contribution in [2.45, 2.75) is 6.54 Å². The highest BCUT2D eigenvalue weighted by atomic mass is 79.9. The monoisotopic (exact) mass is 296 g/mol. The summed E-state index contributed by atoms with van der Waals surface area (Å²) in [4.78, 5) is 4.06. The first-order valence-electron chi connectivity index (χ1n) is 4.97. The van der Waals surface area contributed by atoms with Gasteiger partial charge in [0, 0.05) is 17.2 Å². The Morgan fingerprint density at radius 1 is 1.29 bits per heavy atom. The lowest BCUT2D eigenvalue weighted by atomic mass is 10.3. The molecule has 0 aliphatic rings. The zero-order valence-electron chi connectivity index (χ0n) is 8.86. The van der Waals surface area contributed by atoms with Crippen LogP contribution in [-0.4, -0.2) is 4.98 Å². The lowest BCUT2D eigenvalue weighted by Crippen LogP contribution is -2.02. The minimum Gasteiger partial charge on any atom is -0.452 e. The molecule has 88 valence electrons. The molecule has 0 amide bonds. The van der Waals surface area contributed by atoms with Crippen molar-refractivity contribution in [3.8, 4) is 11.5 Å². The number of pyridine rings is 1. The van der Waals surface area contributed by atoms with Gasteiger partial charge < -0.3 is 10.5 Å². The van der Waals surface area contributed by atoms with E-state index >= 15 is 0 Å². The number of nitrogens with two attached hydrogens (primary N) is 1. The minimum absolute atomic E-state index is 0.141. The first-order chi connectivity index (χ1) is 8.20. The van der Waals surface area contributed by atoms with Gasteiger partial charge in [-0.2, -0.15) is 0 Å². The zero-order valence-corrected chi connectivity index (χ0v) is 10.4. The van der Waals surface area contributed by atoms with E-state index in [-0.39, 0.29) is 12.3 Å². The van der Waals surface area contributed by atoms with Gasteiger partial charge in [-0.1, -0.05) is 15.9 Å². The molecule has 0 saturated carbocycles. The predicted molar refractivity (Wildman–Crippen MR) is 66.3 cm³/mol. The molecule has 0 fully saturated rings. The Morgan fingerprint density at radius 3 is 2.88 bits per heavy atom. The Kier molecular flexibility index (Phi) is 3.71. The van der Waals surface area contributed by atoms with E-state index in [1.165, 1.54) is 6.07 Å². The van der Waals surface area contributed by atoms with Gasteiger partial charge in [-0.25, -0.2) is 4.39 Å². The smallest absolute Gasteiger partial charge is 0.165 e. The number of hydrogen-bond donors (Lipinski definition) is 1. The summed E-state index contributed by atoms with van der Waals surface area (Å²) in [7, 11) is 0. The maximum atomic E-state index is 13.5. The van der Waals surface area contributed by atoms with Crippen molar-refractivity contribution in [3.63, 3.8) is 0 Å². The Labute approximate surface area is 107 Å². The summed E-state index contributed by atoms with van der Waals surface area (Å²) in [6.07, 6.45) is 1.62. The van der Waals surface area contributed by atoms with Gasteiger partial charge in [-0.3, -0.25) is 4.98 Å². The van der Waals surface area contributed by atoms with E-state index in [0.29, 0.717) is 11.4 Å². The van der Waals surface area contributed by atoms with Crippen LogP contribution in [0, 0.1) is 5.82 Å². The lowest BCUT2D eigenvalue weighted by molar-refractivity contribution is 0.435. The van der Waals surface area contributed by atoms with Gasteiger partial charge in [-0.05, 0) is 30.3 Å². The van der Waals surface area contributed by atoms with Gasteiger partial charge >= 0.3 is 0 Å². The number of halogens is 2. The molecule has 1 heterocycles. The van der Waals surface area contributed by atoms with E-state index in [4.69, 9.17) is 10.5 Å². The number of hydrogen-bond acceptors (Lipinski definition) is 3. The Bertz CT molecular complexity index is 534. The fourth-order valence-electron chi connectivity index (χ4n) is 1.34. The third-order valence-electron chi connectivity index (χ3n) is 2.15. The number of benzene rings is 1. The molecule has 2 rings (SSSR count). The van der Waals surface area contributed by atoms with Gasteiger partial charge in [-0.15, -0.1) is 0 Å². The highest BCUT2D eigenvalue weighted by Crippen LogP contribution is 2.28. The van der Waals surface area contributed by atoms with Crippen LogP contribution < -0.4 is 10.5 Å². The van der Waals surface area contributed by atoms with Gasteiger partial charge in [0.25, 0.3) is 0 Å². The Balaban J connectivity index is 2.34. The molecule has 0 saturated heterocycles. The highest BCUT2D eigenvalue weighted by molar-refractivity contribution is 9.10. The molecule has 0 radical (unpaired) electrons. The molecular formula is C12H10BrFN2O. The molecule has 2 aromatic rings. The van der Waals surface area contributed by atoms with Crippen molar-refractivity contribution in [1.29, 1.82) is 0 Å². The molecule has 0 spiro atoms. The largest absolute Gasteiger partial charge is 0.452 e. The fourth-order valence-corrected chi connectivity index (χ4v) is 1.68. The molecule has 0 atom stereocenters. The van der Waals surface area contributed by atoms with E-state index in [1.807, 2.05) is 0 Å². The number of rotatable bonds is 3. The molecular weight excluding hydrogens is 287 g/mol. The van der Waals surface area contributed by atoms with E-state index in [9.17, 15) is 4.39 Å². The normalized spacial score (nSPS) is 10.3. The summed E-state index contributed by atoms with van der Waals surface area (Å²) < 4.78 is 19.7. The summed E-state index contributed by atoms with van der Waals surface area (Å²) in [6.45, 7) is 0.242. The van der Waals surface area contributed by atoms with Crippen LogP contribution in [0.2, 0.25) is 0 Å². The zero-order chi connectivity index (χ0) is 12.3. The molecule has 0 aliphatic carbocycles. The van der Waals surface area contributed by atoms with Crippen LogP contribution in [0.1, 0.15) is 5.69 Å². The SMILES string of the molecule is NCc1ncccc1Oc1cc(Br)ccc1F. The summed E-state index contributed by atoms with van der Waals surface area (Å²) in [5.74, 6) is 0.175. The van der Waals surface area contributed by atoms with Crippen molar-refractivity contribution < 1.29 is 9.13 Å². The second-order valence-electron chi connectivity index (χ2n) is 3.33. The van der Waals surface area contributed by atoms with Crippen LogP contribution in [0.4, 0.5) is 4.39 Å². The quantitative estimate of drug-likeness (QED) is 0.946. The molecule has 17 heavy (non-hydrogen) atoms. The minimum atomic E-state index is -0.431. The van der Waals surface area contributed by atoms with Crippen molar-refractivity contribution in [3.05, 3.63) is 52.5 Å². The van der Waals surface area contributed by atoms with Crippen molar-refractivity contribution in [2.24, 2.45) is 5.73 Å². The third-order valence-corrected chi connectivity index (χ3v) is 2.65. The van der Waals surface area contributed by atoms with Gasteiger partial charge in [0.05, 0.1) is 5.69 Å². The summed E-state index contributed by atoms with van der Waals surface area (Å²) in [5.41, 5.74) is 6.12. The van der Waals surface area contributed by atoms with Crippen LogP contribution in [-0.2, 0) is 6.54 Å². The van der Waals surface area contributed by atoms with E-state index in [0.717, 1.165) is 4.47 Å². The average Bonchev–Trinajstić information content (AvgIpc) is 2.34. The Morgan fingerprint density at radius 2 is 2.12 bits per heavy atom. The molecule has 0 aliphatic heterocycles. The second-order valence-corrected chi connectivity index (χ2v) is 4.24. The molecule has 3 nitrogen and oxygen atoms in total.